The van der Waals surface area contributed by atoms with Crippen LogP contribution in [-0.4, -0.2) is 64.6 Å². The van der Waals surface area contributed by atoms with Gasteiger partial charge in [-0.1, -0.05) is 6.92 Å². The lowest BCUT2D eigenvalue weighted by molar-refractivity contribution is -0.144. The minimum Gasteiger partial charge on any atom is -0.469 e. The quantitative estimate of drug-likeness (QED) is 0.269. The summed E-state index contributed by atoms with van der Waals surface area (Å²) < 4.78 is 15.8. The van der Waals surface area contributed by atoms with Crippen LogP contribution in [0.5, 0.6) is 0 Å². The number of ether oxygens (including phenoxy) is 3. The highest BCUT2D eigenvalue weighted by atomic mass is 16.5. The Labute approximate surface area is 139 Å². The average molecular weight is 329 g/mol. The van der Waals surface area contributed by atoms with Gasteiger partial charge in [0.15, 0.2) is 5.96 Å². The van der Waals surface area contributed by atoms with Gasteiger partial charge in [-0.05, 0) is 26.2 Å². The first-order valence-corrected chi connectivity index (χ1v) is 8.46. The standard InChI is InChI=1S/C16H31N3O4/c1-4-17-16(19-11-13(2)15(20)21-3)18-8-6-9-22-12-14-7-5-10-23-14/h13-14H,4-12H2,1-3H3,(H2,17,18,19). The molecule has 1 rings (SSSR count). The van der Waals surface area contributed by atoms with Gasteiger partial charge in [0.05, 0.1) is 32.3 Å². The van der Waals surface area contributed by atoms with Crippen LogP contribution >= 0.6 is 0 Å². The Bertz CT molecular complexity index is 357. The molecule has 1 aliphatic rings. The van der Waals surface area contributed by atoms with Crippen molar-refractivity contribution in [2.75, 3.05) is 46.6 Å². The molecule has 2 unspecified atom stereocenters. The molecule has 7 heteroatoms. The largest absolute Gasteiger partial charge is 0.469 e. The SMILES string of the molecule is CCNC(=NCC(C)C(=O)OC)NCCCOCC1CCCO1. The molecule has 0 aromatic rings. The van der Waals surface area contributed by atoms with Crippen LogP contribution in [0, 0.1) is 5.92 Å². The van der Waals surface area contributed by atoms with Gasteiger partial charge in [-0.2, -0.15) is 0 Å². The van der Waals surface area contributed by atoms with Crippen molar-refractivity contribution in [3.05, 3.63) is 0 Å². The topological polar surface area (TPSA) is 81.2 Å². The van der Waals surface area contributed by atoms with Crippen molar-refractivity contribution in [1.29, 1.82) is 0 Å². The van der Waals surface area contributed by atoms with E-state index in [4.69, 9.17) is 14.2 Å². The molecule has 0 aliphatic carbocycles. The molecule has 2 N–H and O–H groups in total. The number of carbonyl (C=O) groups excluding carboxylic acids is 1. The van der Waals surface area contributed by atoms with E-state index in [1.54, 1.807) is 6.92 Å². The molecular formula is C16H31N3O4. The Hall–Kier alpha value is -1.34. The molecule has 134 valence electrons. The van der Waals surface area contributed by atoms with Gasteiger partial charge in [-0.25, -0.2) is 0 Å². The lowest BCUT2D eigenvalue weighted by Crippen LogP contribution is -2.38. The number of carbonyl (C=O) groups is 1. The van der Waals surface area contributed by atoms with E-state index in [1.807, 2.05) is 6.92 Å². The van der Waals surface area contributed by atoms with Crippen molar-refractivity contribution < 1.29 is 19.0 Å². The van der Waals surface area contributed by atoms with E-state index in [1.165, 1.54) is 7.11 Å². The van der Waals surface area contributed by atoms with Crippen LogP contribution in [0.4, 0.5) is 0 Å². The lowest BCUT2D eigenvalue weighted by Gasteiger charge is -2.13. The molecule has 1 saturated heterocycles. The van der Waals surface area contributed by atoms with E-state index in [0.717, 1.165) is 39.0 Å². The van der Waals surface area contributed by atoms with Gasteiger partial charge in [0.25, 0.3) is 0 Å². The van der Waals surface area contributed by atoms with Gasteiger partial charge in [0.1, 0.15) is 0 Å². The van der Waals surface area contributed by atoms with Gasteiger partial charge in [0.2, 0.25) is 0 Å². The zero-order valence-corrected chi connectivity index (χ0v) is 14.6. The Morgan fingerprint density at radius 1 is 1.43 bits per heavy atom. The third-order valence-electron chi connectivity index (χ3n) is 3.56. The van der Waals surface area contributed by atoms with Gasteiger partial charge in [-0.15, -0.1) is 0 Å². The molecule has 2 atom stereocenters. The predicted molar refractivity (Wildman–Crippen MR) is 89.6 cm³/mol. The Morgan fingerprint density at radius 2 is 2.26 bits per heavy atom. The fourth-order valence-corrected chi connectivity index (χ4v) is 2.22. The minimum atomic E-state index is -0.245. The van der Waals surface area contributed by atoms with Crippen LogP contribution in [0.15, 0.2) is 4.99 Å². The first-order chi connectivity index (χ1) is 11.2. The highest BCUT2D eigenvalue weighted by Gasteiger charge is 2.15. The van der Waals surface area contributed by atoms with E-state index >= 15 is 0 Å². The molecule has 0 aromatic carbocycles. The highest BCUT2D eigenvalue weighted by Crippen LogP contribution is 2.11. The number of methoxy groups -OCH3 is 1. The van der Waals surface area contributed by atoms with E-state index < -0.39 is 0 Å². The van der Waals surface area contributed by atoms with Crippen molar-refractivity contribution in [1.82, 2.24) is 10.6 Å². The number of nitrogens with one attached hydrogen (secondary N) is 2. The smallest absolute Gasteiger partial charge is 0.310 e. The summed E-state index contributed by atoms with van der Waals surface area (Å²) in [5.74, 6) is 0.222. The number of hydrogen-bond acceptors (Lipinski definition) is 5. The molecule has 0 bridgehead atoms. The summed E-state index contributed by atoms with van der Waals surface area (Å²) >= 11 is 0. The van der Waals surface area contributed by atoms with Crippen LogP contribution in [0.25, 0.3) is 0 Å². The van der Waals surface area contributed by atoms with Crippen molar-refractivity contribution in [2.45, 2.75) is 39.2 Å². The average Bonchev–Trinajstić information content (AvgIpc) is 3.07. The number of rotatable bonds is 10. The second kappa shape index (κ2) is 12.1. The van der Waals surface area contributed by atoms with E-state index in [9.17, 15) is 4.79 Å². The Morgan fingerprint density at radius 3 is 2.91 bits per heavy atom. The fourth-order valence-electron chi connectivity index (χ4n) is 2.22. The van der Waals surface area contributed by atoms with Crippen molar-refractivity contribution >= 4 is 11.9 Å². The van der Waals surface area contributed by atoms with Crippen LogP contribution in [0.1, 0.15) is 33.1 Å². The molecule has 7 nitrogen and oxygen atoms in total. The summed E-state index contributed by atoms with van der Waals surface area (Å²) in [6.07, 6.45) is 3.42. The van der Waals surface area contributed by atoms with Crippen molar-refractivity contribution in [3.8, 4) is 0 Å². The van der Waals surface area contributed by atoms with Gasteiger partial charge in [0, 0.05) is 26.3 Å². The lowest BCUT2D eigenvalue weighted by atomic mass is 10.2. The third-order valence-corrected chi connectivity index (χ3v) is 3.56. The first kappa shape index (κ1) is 19.7. The maximum absolute atomic E-state index is 11.4. The molecule has 0 aromatic heterocycles. The van der Waals surface area contributed by atoms with Crippen LogP contribution < -0.4 is 10.6 Å². The molecule has 1 heterocycles. The van der Waals surface area contributed by atoms with Crippen LogP contribution in [0.2, 0.25) is 0 Å². The molecule has 23 heavy (non-hydrogen) atoms. The second-order valence-electron chi connectivity index (χ2n) is 5.63. The molecule has 0 spiro atoms. The van der Waals surface area contributed by atoms with Crippen LogP contribution in [0.3, 0.4) is 0 Å². The highest BCUT2D eigenvalue weighted by molar-refractivity contribution is 5.80. The molecule has 1 fully saturated rings. The number of guanidine groups is 1. The summed E-state index contributed by atoms with van der Waals surface area (Å²) in [4.78, 5) is 15.8. The van der Waals surface area contributed by atoms with Gasteiger partial charge < -0.3 is 24.8 Å². The number of hydrogen-bond donors (Lipinski definition) is 2. The zero-order chi connectivity index (χ0) is 16.9. The molecular weight excluding hydrogens is 298 g/mol. The molecule has 0 amide bonds. The fraction of sp³-hybridized carbons (Fsp3) is 0.875. The zero-order valence-electron chi connectivity index (χ0n) is 14.6. The van der Waals surface area contributed by atoms with Gasteiger partial charge >= 0.3 is 5.97 Å². The summed E-state index contributed by atoms with van der Waals surface area (Å²) in [6, 6.07) is 0. The first-order valence-electron chi connectivity index (χ1n) is 8.46. The maximum Gasteiger partial charge on any atom is 0.310 e. The maximum atomic E-state index is 11.4. The van der Waals surface area contributed by atoms with E-state index in [-0.39, 0.29) is 18.0 Å². The van der Waals surface area contributed by atoms with E-state index in [2.05, 4.69) is 15.6 Å². The summed E-state index contributed by atoms with van der Waals surface area (Å²) in [6.45, 7) is 8.00. The van der Waals surface area contributed by atoms with Crippen molar-refractivity contribution in [3.63, 3.8) is 0 Å². The molecule has 0 radical (unpaired) electrons. The third kappa shape index (κ3) is 8.76. The molecule has 1 aliphatic heterocycles. The molecule has 0 saturated carbocycles. The Kier molecular flexibility index (Phi) is 10.4. The number of esters is 1. The normalized spacial score (nSPS) is 19.4. The Balaban J connectivity index is 2.15. The summed E-state index contributed by atoms with van der Waals surface area (Å²) in [5.41, 5.74) is 0. The number of nitrogens with zero attached hydrogens (tertiary/aromatic N) is 1. The summed E-state index contributed by atoms with van der Waals surface area (Å²) in [7, 11) is 1.39. The monoisotopic (exact) mass is 329 g/mol. The second-order valence-corrected chi connectivity index (χ2v) is 5.63. The number of aliphatic imine (C=N–C) groups is 1. The predicted octanol–water partition coefficient (Wildman–Crippen LogP) is 0.936. The van der Waals surface area contributed by atoms with Gasteiger partial charge in [-0.3, -0.25) is 9.79 Å². The van der Waals surface area contributed by atoms with Crippen molar-refractivity contribution in [2.24, 2.45) is 10.9 Å². The minimum absolute atomic E-state index is 0.243. The van der Waals surface area contributed by atoms with Crippen LogP contribution in [-0.2, 0) is 19.0 Å². The summed E-state index contributed by atoms with van der Waals surface area (Å²) in [5, 5.41) is 6.39. The van der Waals surface area contributed by atoms with E-state index in [0.29, 0.717) is 25.7 Å².